The summed E-state index contributed by atoms with van der Waals surface area (Å²) in [5.74, 6) is -1.59. The Morgan fingerprint density at radius 2 is 1.78 bits per heavy atom. The highest BCUT2D eigenvalue weighted by atomic mass is 16.4. The number of carbonyl (C=O) groups is 3. The molecule has 0 aromatic heterocycles. The molecule has 0 radical (unpaired) electrons. The molecule has 1 fully saturated rings. The summed E-state index contributed by atoms with van der Waals surface area (Å²) in [6, 6.07) is 8.11. The van der Waals surface area contributed by atoms with Gasteiger partial charge in [0.05, 0.1) is 6.54 Å². The summed E-state index contributed by atoms with van der Waals surface area (Å²) in [5, 5.41) is 8.69. The lowest BCUT2D eigenvalue weighted by Crippen LogP contribution is -2.43. The topological polar surface area (TPSA) is 127 Å². The monoisotopic (exact) mass is 319 g/mol. The Kier molecular flexibility index (Phi) is 9.48. The molecule has 1 atom stereocenters. The number of benzene rings is 1. The molecule has 1 aromatic rings. The third kappa shape index (κ3) is 6.63. The lowest BCUT2D eigenvalue weighted by atomic mass is 10.2. The van der Waals surface area contributed by atoms with Crippen LogP contribution in [-0.2, 0) is 9.59 Å². The highest BCUT2D eigenvalue weighted by molar-refractivity contribution is 5.92. The maximum Gasteiger partial charge on any atom is 0.326 e. The molecule has 0 aliphatic carbocycles. The number of likely N-dealkylation sites (tertiary alicyclic amines) is 1. The molecular formula is C16H21N3O4. The van der Waals surface area contributed by atoms with Gasteiger partial charge in [0.1, 0.15) is 6.04 Å². The molecule has 7 heteroatoms. The molecule has 7 nitrogen and oxygen atoms in total. The number of carboxylic acid groups (broad SMARTS) is 1. The smallest absolute Gasteiger partial charge is 0.326 e. The molecule has 2 amide bonds. The first-order valence-corrected chi connectivity index (χ1v) is 6.88. The van der Waals surface area contributed by atoms with Gasteiger partial charge in [-0.1, -0.05) is 18.2 Å². The summed E-state index contributed by atoms with van der Waals surface area (Å²) in [4.78, 5) is 33.4. The van der Waals surface area contributed by atoms with Gasteiger partial charge in [-0.3, -0.25) is 9.59 Å². The number of primary amides is 1. The molecule has 23 heavy (non-hydrogen) atoms. The molecule has 1 aliphatic rings. The second-order valence-corrected chi connectivity index (χ2v) is 4.52. The van der Waals surface area contributed by atoms with E-state index >= 15 is 0 Å². The first-order valence-electron chi connectivity index (χ1n) is 6.88. The van der Waals surface area contributed by atoms with Crippen LogP contribution in [-0.4, -0.2) is 46.9 Å². The Balaban J connectivity index is 0.000000392. The van der Waals surface area contributed by atoms with Gasteiger partial charge < -0.3 is 21.5 Å². The van der Waals surface area contributed by atoms with Crippen LogP contribution in [0.3, 0.4) is 0 Å². The zero-order chi connectivity index (χ0) is 17.8. The van der Waals surface area contributed by atoms with E-state index in [0.29, 0.717) is 18.5 Å². The summed E-state index contributed by atoms with van der Waals surface area (Å²) in [7, 11) is 0. The Labute approximate surface area is 135 Å². The predicted molar refractivity (Wildman–Crippen MR) is 86.3 cm³/mol. The van der Waals surface area contributed by atoms with E-state index in [4.69, 9.17) is 16.6 Å². The van der Waals surface area contributed by atoms with Crippen molar-refractivity contribution in [2.45, 2.75) is 18.9 Å². The first kappa shape index (κ1) is 20.1. The van der Waals surface area contributed by atoms with Crippen LogP contribution in [0.4, 0.5) is 0 Å². The number of terminal acetylenes is 1. The van der Waals surface area contributed by atoms with Crippen molar-refractivity contribution in [3.05, 3.63) is 35.9 Å². The molecule has 1 heterocycles. The number of nitrogens with zero attached hydrogens (tertiary/aromatic N) is 1. The predicted octanol–water partition coefficient (Wildman–Crippen LogP) is 0.0556. The summed E-state index contributed by atoms with van der Waals surface area (Å²) in [6.07, 6.45) is 9.30. The van der Waals surface area contributed by atoms with Crippen molar-refractivity contribution in [1.29, 1.82) is 0 Å². The third-order valence-corrected chi connectivity index (χ3v) is 3.09. The second-order valence-electron chi connectivity index (χ2n) is 4.52. The number of nitrogens with two attached hydrogens (primary N) is 2. The van der Waals surface area contributed by atoms with Crippen LogP contribution in [0.5, 0.6) is 0 Å². The van der Waals surface area contributed by atoms with E-state index in [2.05, 4.69) is 12.8 Å². The van der Waals surface area contributed by atoms with Crippen molar-refractivity contribution in [3.63, 3.8) is 0 Å². The summed E-state index contributed by atoms with van der Waals surface area (Å²) >= 11 is 0. The molecule has 124 valence electrons. The van der Waals surface area contributed by atoms with Gasteiger partial charge in [-0.2, -0.15) is 0 Å². The number of carbonyl (C=O) groups excluding carboxylic acids is 2. The molecular weight excluding hydrogens is 298 g/mol. The fourth-order valence-electron chi connectivity index (χ4n) is 2.04. The Hall–Kier alpha value is -2.85. The maximum atomic E-state index is 11.1. The second kappa shape index (κ2) is 10.8. The van der Waals surface area contributed by atoms with Crippen molar-refractivity contribution >= 4 is 17.8 Å². The average molecular weight is 319 g/mol. The van der Waals surface area contributed by atoms with E-state index in [9.17, 15) is 14.4 Å². The number of carboxylic acids is 1. The fraction of sp³-hybridized carbons (Fsp3) is 0.312. The van der Waals surface area contributed by atoms with Crippen molar-refractivity contribution in [2.75, 3.05) is 13.1 Å². The van der Waals surface area contributed by atoms with E-state index in [1.165, 1.54) is 4.90 Å². The van der Waals surface area contributed by atoms with Crippen molar-refractivity contribution in [2.24, 2.45) is 11.5 Å². The highest BCUT2D eigenvalue weighted by Gasteiger charge is 2.32. The molecule has 0 spiro atoms. The van der Waals surface area contributed by atoms with Crippen LogP contribution in [0.25, 0.3) is 0 Å². The quantitative estimate of drug-likeness (QED) is 0.679. The van der Waals surface area contributed by atoms with Crippen LogP contribution < -0.4 is 11.5 Å². The van der Waals surface area contributed by atoms with Crippen molar-refractivity contribution in [1.82, 2.24) is 4.90 Å². The molecule has 0 saturated carbocycles. The Morgan fingerprint density at radius 3 is 2.17 bits per heavy atom. The minimum Gasteiger partial charge on any atom is -0.480 e. The lowest BCUT2D eigenvalue weighted by Gasteiger charge is -2.20. The summed E-state index contributed by atoms with van der Waals surface area (Å²) in [5.41, 5.74) is 10.7. The minimum atomic E-state index is -0.936. The number of rotatable bonds is 3. The number of amides is 2. The largest absolute Gasteiger partial charge is 0.480 e. The van der Waals surface area contributed by atoms with Crippen LogP contribution in [0, 0.1) is 12.8 Å². The number of hydrogen-bond acceptors (Lipinski definition) is 4. The zero-order valence-corrected chi connectivity index (χ0v) is 12.7. The summed E-state index contributed by atoms with van der Waals surface area (Å²) in [6.45, 7) is 0.413. The van der Waals surface area contributed by atoms with E-state index < -0.39 is 12.0 Å². The van der Waals surface area contributed by atoms with Gasteiger partial charge in [0.15, 0.2) is 0 Å². The SMILES string of the molecule is C#C.NC(=O)c1ccccc1.NCC(=O)N1CCC[C@H]1C(=O)O. The van der Waals surface area contributed by atoms with Crippen LogP contribution in [0.2, 0.25) is 0 Å². The lowest BCUT2D eigenvalue weighted by molar-refractivity contribution is -0.147. The highest BCUT2D eigenvalue weighted by Crippen LogP contribution is 2.16. The van der Waals surface area contributed by atoms with Gasteiger partial charge in [-0.15, -0.1) is 12.8 Å². The van der Waals surface area contributed by atoms with Crippen LogP contribution in [0.1, 0.15) is 23.2 Å². The van der Waals surface area contributed by atoms with Crippen LogP contribution in [0.15, 0.2) is 30.3 Å². The van der Waals surface area contributed by atoms with Gasteiger partial charge >= 0.3 is 5.97 Å². The Morgan fingerprint density at radius 1 is 1.22 bits per heavy atom. The molecule has 5 N–H and O–H groups in total. The third-order valence-electron chi connectivity index (χ3n) is 3.09. The van der Waals surface area contributed by atoms with Crippen LogP contribution >= 0.6 is 0 Å². The molecule has 0 unspecified atom stereocenters. The van der Waals surface area contributed by atoms with Crippen molar-refractivity contribution in [3.8, 4) is 12.8 Å². The van der Waals surface area contributed by atoms with E-state index in [1.807, 2.05) is 6.07 Å². The Bertz CT molecular complexity index is 543. The zero-order valence-electron chi connectivity index (χ0n) is 12.7. The number of aliphatic carboxylic acids is 1. The van der Waals surface area contributed by atoms with Gasteiger partial charge in [0, 0.05) is 12.1 Å². The van der Waals surface area contributed by atoms with Gasteiger partial charge in [0.2, 0.25) is 11.8 Å². The fourth-order valence-corrected chi connectivity index (χ4v) is 2.04. The standard InChI is InChI=1S/C7H12N2O3.C7H7NO.C2H2/c8-4-6(10)9-3-1-2-5(9)7(11)12;8-7(9)6-4-2-1-3-5-6;1-2/h5H,1-4,8H2,(H,11,12);1-5H,(H2,8,9);1-2H/t5-;;/m0../s1. The van der Waals surface area contributed by atoms with Gasteiger partial charge in [-0.05, 0) is 25.0 Å². The minimum absolute atomic E-state index is 0.107. The van der Waals surface area contributed by atoms with E-state index in [-0.39, 0.29) is 18.4 Å². The molecule has 1 aromatic carbocycles. The average Bonchev–Trinajstić information content (AvgIpc) is 3.07. The summed E-state index contributed by atoms with van der Waals surface area (Å²) < 4.78 is 0. The maximum absolute atomic E-state index is 11.1. The van der Waals surface area contributed by atoms with Crippen molar-refractivity contribution < 1.29 is 19.5 Å². The molecule has 2 rings (SSSR count). The molecule has 1 saturated heterocycles. The van der Waals surface area contributed by atoms with E-state index in [0.717, 1.165) is 6.42 Å². The first-order chi connectivity index (χ1) is 11.0. The van der Waals surface area contributed by atoms with Gasteiger partial charge in [0.25, 0.3) is 0 Å². The molecule has 1 aliphatic heterocycles. The normalized spacial score (nSPS) is 15.4. The van der Waals surface area contributed by atoms with Gasteiger partial charge in [-0.25, -0.2) is 4.79 Å². The number of hydrogen-bond donors (Lipinski definition) is 3. The molecule has 0 bridgehead atoms. The van der Waals surface area contributed by atoms with E-state index in [1.54, 1.807) is 24.3 Å².